The fourth-order valence-corrected chi connectivity index (χ4v) is 4.27. The Morgan fingerprint density at radius 2 is 1.73 bits per heavy atom. The third-order valence-electron chi connectivity index (χ3n) is 4.62. The van der Waals surface area contributed by atoms with E-state index in [0.717, 1.165) is 26.8 Å². The fraction of sp³-hybridized carbons (Fsp3) is 0.0833. The zero-order chi connectivity index (χ0) is 20.9. The van der Waals surface area contributed by atoms with E-state index in [1.165, 1.54) is 0 Å². The predicted octanol–water partition coefficient (Wildman–Crippen LogP) is 6.56. The van der Waals surface area contributed by atoms with Gasteiger partial charge in [-0.05, 0) is 55.0 Å². The molecule has 2 aromatic carbocycles. The van der Waals surface area contributed by atoms with Crippen molar-refractivity contribution >= 4 is 39.7 Å². The number of carbonyl (C=O) groups excluding carboxylic acids is 1. The number of hydrogen-bond donors (Lipinski definition) is 2. The van der Waals surface area contributed by atoms with Crippen molar-refractivity contribution in [2.45, 2.75) is 13.0 Å². The van der Waals surface area contributed by atoms with Crippen molar-refractivity contribution in [3.63, 3.8) is 0 Å². The van der Waals surface area contributed by atoms with Crippen LogP contribution < -0.4 is 10.6 Å². The van der Waals surface area contributed by atoms with Crippen molar-refractivity contribution in [3.05, 3.63) is 112 Å². The van der Waals surface area contributed by atoms with Gasteiger partial charge in [0.25, 0.3) is 5.91 Å². The number of benzene rings is 2. The maximum Gasteiger partial charge on any atom is 0.256 e. The molecule has 150 valence electrons. The van der Waals surface area contributed by atoms with E-state index >= 15 is 0 Å². The van der Waals surface area contributed by atoms with Crippen LogP contribution in [-0.4, -0.2) is 10.9 Å². The van der Waals surface area contributed by atoms with Crippen LogP contribution in [0.2, 0.25) is 5.02 Å². The Bertz CT molecular complexity index is 1130. The van der Waals surface area contributed by atoms with Gasteiger partial charge in [0.1, 0.15) is 10.8 Å². The average Bonchev–Trinajstić information content (AvgIpc) is 3.13. The molecule has 4 rings (SSSR count). The zero-order valence-electron chi connectivity index (χ0n) is 16.3. The molecule has 2 heterocycles. The number of aromatic nitrogens is 1. The number of nitrogens with zero attached hydrogens (tertiary/aromatic N) is 1. The first kappa shape index (κ1) is 20.1. The van der Waals surface area contributed by atoms with E-state index in [4.69, 9.17) is 11.6 Å². The van der Waals surface area contributed by atoms with Gasteiger partial charge in [-0.3, -0.25) is 4.79 Å². The molecule has 2 N–H and O–H groups in total. The molecule has 30 heavy (non-hydrogen) atoms. The van der Waals surface area contributed by atoms with Crippen LogP contribution >= 0.6 is 22.9 Å². The van der Waals surface area contributed by atoms with Gasteiger partial charge in [0.15, 0.2) is 0 Å². The molecule has 6 heteroatoms. The molecule has 4 nitrogen and oxygen atoms in total. The number of rotatable bonds is 6. The van der Waals surface area contributed by atoms with Crippen LogP contribution in [0, 0.1) is 6.92 Å². The number of halogens is 1. The summed E-state index contributed by atoms with van der Waals surface area (Å²) in [5.41, 5.74) is 2.63. The summed E-state index contributed by atoms with van der Waals surface area (Å²) in [6.45, 7) is 2.03. The SMILES string of the molecule is Cc1cc(C(Nc2ccccn2)c2ccc(Cl)cc2)c(NC(=O)c2ccccc2)s1. The van der Waals surface area contributed by atoms with Gasteiger partial charge in [-0.15, -0.1) is 11.3 Å². The Morgan fingerprint density at radius 3 is 2.43 bits per heavy atom. The lowest BCUT2D eigenvalue weighted by Gasteiger charge is -2.21. The van der Waals surface area contributed by atoms with Gasteiger partial charge >= 0.3 is 0 Å². The molecule has 0 saturated heterocycles. The molecule has 0 saturated carbocycles. The molecule has 1 unspecified atom stereocenters. The molecule has 0 spiro atoms. The highest BCUT2D eigenvalue weighted by molar-refractivity contribution is 7.16. The summed E-state index contributed by atoms with van der Waals surface area (Å²) >= 11 is 7.66. The highest BCUT2D eigenvalue weighted by Crippen LogP contribution is 2.37. The first-order valence-electron chi connectivity index (χ1n) is 9.50. The van der Waals surface area contributed by atoms with E-state index in [9.17, 15) is 4.79 Å². The zero-order valence-corrected chi connectivity index (χ0v) is 17.9. The van der Waals surface area contributed by atoms with Crippen molar-refractivity contribution in [2.24, 2.45) is 0 Å². The van der Waals surface area contributed by atoms with Gasteiger partial charge in [0.2, 0.25) is 0 Å². The van der Waals surface area contributed by atoms with Crippen LogP contribution in [0.4, 0.5) is 10.8 Å². The van der Waals surface area contributed by atoms with Gasteiger partial charge in [-0.1, -0.05) is 48.0 Å². The number of aryl methyl sites for hydroxylation is 1. The van der Waals surface area contributed by atoms with E-state index < -0.39 is 0 Å². The number of amides is 1. The van der Waals surface area contributed by atoms with Crippen molar-refractivity contribution in [2.75, 3.05) is 10.6 Å². The first-order chi connectivity index (χ1) is 14.6. The third kappa shape index (κ3) is 4.70. The first-order valence-corrected chi connectivity index (χ1v) is 10.7. The molecule has 2 aromatic heterocycles. The summed E-state index contributed by atoms with van der Waals surface area (Å²) in [5.74, 6) is 0.619. The summed E-state index contributed by atoms with van der Waals surface area (Å²) in [4.78, 5) is 18.3. The van der Waals surface area contributed by atoms with Gasteiger partial charge < -0.3 is 10.6 Å². The van der Waals surface area contributed by atoms with Crippen LogP contribution in [0.5, 0.6) is 0 Å². The number of carbonyl (C=O) groups is 1. The number of pyridine rings is 1. The average molecular weight is 434 g/mol. The van der Waals surface area contributed by atoms with E-state index in [2.05, 4.69) is 21.7 Å². The summed E-state index contributed by atoms with van der Waals surface area (Å²) in [7, 11) is 0. The second-order valence-electron chi connectivity index (χ2n) is 6.81. The molecule has 1 amide bonds. The maximum absolute atomic E-state index is 12.8. The van der Waals surface area contributed by atoms with Crippen molar-refractivity contribution in [1.29, 1.82) is 0 Å². The Balaban J connectivity index is 1.71. The van der Waals surface area contributed by atoms with Crippen LogP contribution in [0.15, 0.2) is 85.1 Å². The number of hydrogen-bond acceptors (Lipinski definition) is 4. The molecule has 0 aliphatic heterocycles. The topological polar surface area (TPSA) is 54.0 Å². The van der Waals surface area contributed by atoms with Gasteiger partial charge in [0, 0.05) is 27.2 Å². The van der Waals surface area contributed by atoms with Gasteiger partial charge in [-0.2, -0.15) is 0 Å². The van der Waals surface area contributed by atoms with Crippen molar-refractivity contribution in [3.8, 4) is 0 Å². The monoisotopic (exact) mass is 433 g/mol. The molecular formula is C24H20ClN3OS. The lowest BCUT2D eigenvalue weighted by molar-refractivity contribution is 0.102. The standard InChI is InChI=1S/C24H20ClN3OS/c1-16-15-20(24(30-16)28-23(29)18-7-3-2-4-8-18)22(17-10-12-19(25)13-11-17)27-21-9-5-6-14-26-21/h2-15,22H,1H3,(H,26,27)(H,28,29). The summed E-state index contributed by atoms with van der Waals surface area (Å²) < 4.78 is 0. The van der Waals surface area contributed by atoms with Crippen molar-refractivity contribution < 1.29 is 4.79 Å². The predicted molar refractivity (Wildman–Crippen MR) is 125 cm³/mol. The molecule has 0 radical (unpaired) electrons. The minimum absolute atomic E-state index is 0.133. The molecular weight excluding hydrogens is 414 g/mol. The molecule has 0 fully saturated rings. The Hall–Kier alpha value is -3.15. The largest absolute Gasteiger partial charge is 0.359 e. The van der Waals surface area contributed by atoms with Gasteiger partial charge in [-0.25, -0.2) is 4.98 Å². The van der Waals surface area contributed by atoms with E-state index in [0.29, 0.717) is 10.6 Å². The third-order valence-corrected chi connectivity index (χ3v) is 5.85. The minimum atomic E-state index is -0.201. The molecule has 1 atom stereocenters. The fourth-order valence-electron chi connectivity index (χ4n) is 3.20. The molecule has 0 bridgehead atoms. The Morgan fingerprint density at radius 1 is 1.00 bits per heavy atom. The highest BCUT2D eigenvalue weighted by Gasteiger charge is 2.22. The molecule has 4 aromatic rings. The number of nitrogens with one attached hydrogen (secondary N) is 2. The normalized spacial score (nSPS) is 11.7. The smallest absolute Gasteiger partial charge is 0.256 e. The second-order valence-corrected chi connectivity index (χ2v) is 8.50. The van der Waals surface area contributed by atoms with Crippen LogP contribution in [0.25, 0.3) is 0 Å². The highest BCUT2D eigenvalue weighted by atomic mass is 35.5. The Kier molecular flexibility index (Phi) is 6.12. The maximum atomic E-state index is 12.8. The van der Waals surface area contributed by atoms with E-state index in [-0.39, 0.29) is 11.9 Å². The second kappa shape index (κ2) is 9.11. The summed E-state index contributed by atoms with van der Waals surface area (Å²) in [6.07, 6.45) is 1.75. The quantitative estimate of drug-likeness (QED) is 0.362. The lowest BCUT2D eigenvalue weighted by atomic mass is 10.00. The number of anilines is 2. The van der Waals surface area contributed by atoms with Crippen LogP contribution in [-0.2, 0) is 0 Å². The van der Waals surface area contributed by atoms with Crippen LogP contribution in [0.1, 0.15) is 32.4 Å². The van der Waals surface area contributed by atoms with E-state index in [1.54, 1.807) is 29.7 Å². The lowest BCUT2D eigenvalue weighted by Crippen LogP contribution is -2.17. The Labute approximate surface area is 184 Å². The van der Waals surface area contributed by atoms with Gasteiger partial charge in [0.05, 0.1) is 6.04 Å². The van der Waals surface area contributed by atoms with Crippen LogP contribution in [0.3, 0.4) is 0 Å². The van der Waals surface area contributed by atoms with Crippen molar-refractivity contribution in [1.82, 2.24) is 4.98 Å². The summed E-state index contributed by atoms with van der Waals surface area (Å²) in [5, 5.41) is 8.07. The van der Waals surface area contributed by atoms with E-state index in [1.807, 2.05) is 67.6 Å². The molecule has 0 aliphatic rings. The number of thiophene rings is 1. The molecule has 0 aliphatic carbocycles. The minimum Gasteiger partial charge on any atom is -0.359 e. The summed E-state index contributed by atoms with van der Waals surface area (Å²) in [6, 6.07) is 24.5.